The Hall–Kier alpha value is 0.180. The molecule has 0 saturated heterocycles. The molecule has 11 heteroatoms. The van der Waals surface area contributed by atoms with E-state index in [1.54, 1.807) is 0 Å². The second-order valence-electron chi connectivity index (χ2n) is 3.38. The van der Waals surface area contributed by atoms with E-state index < -0.39 is 15.6 Å². The van der Waals surface area contributed by atoms with Gasteiger partial charge in [-0.05, 0) is 6.42 Å². The van der Waals surface area contributed by atoms with E-state index in [1.165, 1.54) is 0 Å². The molecular weight excluding hydrogens is 302 g/mol. The van der Waals surface area contributed by atoms with Crippen LogP contribution in [0.5, 0.6) is 0 Å². The summed E-state index contributed by atoms with van der Waals surface area (Å²) in [6.45, 7) is 1.48. The molecule has 0 bridgehead atoms. The van der Waals surface area contributed by atoms with Crippen molar-refractivity contribution in [2.75, 3.05) is 33.0 Å². The largest absolute Gasteiger partial charge is 0.483 e. The van der Waals surface area contributed by atoms with E-state index in [-0.39, 0.29) is 33.0 Å². The van der Waals surface area contributed by atoms with E-state index in [0.717, 1.165) is 6.42 Å². The van der Waals surface area contributed by atoms with Gasteiger partial charge in [-0.2, -0.15) is 4.31 Å². The highest BCUT2D eigenvalue weighted by atomic mass is 31.3. The smallest absolute Gasteiger partial charge is 0.394 e. The molecule has 3 N–H and O–H groups in total. The Kier molecular flexibility index (Phi) is 10.1. The summed E-state index contributed by atoms with van der Waals surface area (Å²) in [7, 11) is -9.32. The van der Waals surface area contributed by atoms with Gasteiger partial charge in [-0.1, -0.05) is 13.3 Å². The average Bonchev–Trinajstić information content (AvgIpc) is 2.27. The number of hydrogen-bond acceptors (Lipinski definition) is 7. The summed E-state index contributed by atoms with van der Waals surface area (Å²) in [5.74, 6) is 0. The van der Waals surface area contributed by atoms with Gasteiger partial charge in [0.2, 0.25) is 0 Å². The molecule has 0 aromatic heterocycles. The highest BCUT2D eigenvalue weighted by Gasteiger charge is 2.35. The summed E-state index contributed by atoms with van der Waals surface area (Å²) >= 11 is 0. The fraction of sp³-hybridized carbons (Fsp3) is 1.00. The van der Waals surface area contributed by atoms with Gasteiger partial charge in [0, 0.05) is 0 Å². The number of ether oxygens (including phenoxy) is 1. The molecule has 1 atom stereocenters. The Morgan fingerprint density at radius 3 is 2.16 bits per heavy atom. The predicted octanol–water partition coefficient (Wildman–Crippen LogP) is 1.05. The number of aliphatic hydroxyl groups excluding tert-OH is 1. The van der Waals surface area contributed by atoms with Crippen LogP contribution in [0.1, 0.15) is 19.8 Å². The van der Waals surface area contributed by atoms with Crippen molar-refractivity contribution in [1.82, 2.24) is 0 Å². The normalized spacial score (nSPS) is 15.4. The van der Waals surface area contributed by atoms with E-state index in [2.05, 4.69) is 4.31 Å². The molecule has 0 radical (unpaired) electrons. The van der Waals surface area contributed by atoms with Crippen LogP contribution < -0.4 is 0 Å². The summed E-state index contributed by atoms with van der Waals surface area (Å²) in [5, 5.41) is 8.45. The Morgan fingerprint density at radius 2 is 1.63 bits per heavy atom. The first-order valence-electron chi connectivity index (χ1n) is 5.67. The van der Waals surface area contributed by atoms with E-state index in [0.29, 0.717) is 6.42 Å². The molecule has 0 aromatic carbocycles. The quantitative estimate of drug-likeness (QED) is 0.356. The zero-order chi connectivity index (χ0) is 14.8. The third-order valence-electron chi connectivity index (χ3n) is 1.67. The van der Waals surface area contributed by atoms with Gasteiger partial charge in [-0.25, -0.2) is 9.13 Å². The van der Waals surface area contributed by atoms with Crippen molar-refractivity contribution in [3.8, 4) is 0 Å². The first-order valence-corrected chi connectivity index (χ1v) is 8.66. The fourth-order valence-electron chi connectivity index (χ4n) is 0.910. The lowest BCUT2D eigenvalue weighted by molar-refractivity contribution is 0.0561. The lowest BCUT2D eigenvalue weighted by atomic mass is 10.4. The van der Waals surface area contributed by atoms with E-state index in [1.807, 2.05) is 6.92 Å². The van der Waals surface area contributed by atoms with Crippen LogP contribution in [0.25, 0.3) is 0 Å². The third kappa shape index (κ3) is 11.7. The van der Waals surface area contributed by atoms with Crippen LogP contribution in [-0.2, 0) is 27.2 Å². The molecule has 0 spiro atoms. The van der Waals surface area contributed by atoms with Crippen LogP contribution in [0.4, 0.5) is 0 Å². The van der Waals surface area contributed by atoms with Gasteiger partial charge in [-0.15, -0.1) is 0 Å². The van der Waals surface area contributed by atoms with E-state index >= 15 is 0 Å². The number of phosphoric ester groups is 1. The maximum atomic E-state index is 11.9. The van der Waals surface area contributed by atoms with Crippen LogP contribution in [0, 0.1) is 0 Å². The Morgan fingerprint density at radius 1 is 1.00 bits per heavy atom. The number of unbranched alkanes of at least 4 members (excludes halogenated alkanes) is 1. The van der Waals surface area contributed by atoms with Crippen LogP contribution in [0.2, 0.25) is 0 Å². The summed E-state index contributed by atoms with van der Waals surface area (Å²) in [6, 6.07) is 0. The molecule has 9 nitrogen and oxygen atoms in total. The summed E-state index contributed by atoms with van der Waals surface area (Å²) < 4.78 is 40.9. The summed E-state index contributed by atoms with van der Waals surface area (Å²) in [5.41, 5.74) is 0. The van der Waals surface area contributed by atoms with Crippen molar-refractivity contribution in [3.05, 3.63) is 0 Å². The number of hydrogen-bond donors (Lipinski definition) is 3. The van der Waals surface area contributed by atoms with Crippen LogP contribution >= 0.6 is 15.6 Å². The maximum absolute atomic E-state index is 11.9. The monoisotopic (exact) mass is 322 g/mol. The molecule has 0 fully saturated rings. The molecule has 0 aliphatic carbocycles. The highest BCUT2D eigenvalue weighted by molar-refractivity contribution is 7.61. The molecule has 1 unspecified atom stereocenters. The molecule has 0 rings (SSSR count). The van der Waals surface area contributed by atoms with Crippen molar-refractivity contribution < 1.29 is 42.1 Å². The lowest BCUT2D eigenvalue weighted by Gasteiger charge is -2.17. The number of rotatable bonds is 12. The molecule has 0 aromatic rings. The van der Waals surface area contributed by atoms with Crippen LogP contribution in [-0.4, -0.2) is 47.9 Å². The van der Waals surface area contributed by atoms with Gasteiger partial charge in [0.15, 0.2) is 0 Å². The molecule has 0 aliphatic heterocycles. The molecule has 0 heterocycles. The van der Waals surface area contributed by atoms with Crippen molar-refractivity contribution in [3.63, 3.8) is 0 Å². The standard InChI is InChI=1S/C8H20O9P2/c1-2-3-5-15-19(13,17-18(10,11)12)16-8-7-14-6-4-9/h9H,2-8H2,1H3,(H2,10,11,12). The molecular formula is C8H20O9P2. The Labute approximate surface area is 111 Å². The maximum Gasteiger partial charge on any atom is 0.483 e. The molecule has 0 saturated carbocycles. The molecule has 19 heavy (non-hydrogen) atoms. The van der Waals surface area contributed by atoms with Gasteiger partial charge < -0.3 is 19.6 Å². The molecule has 0 aliphatic rings. The Balaban J connectivity index is 4.24. The van der Waals surface area contributed by atoms with Crippen molar-refractivity contribution >= 4 is 15.6 Å². The minimum Gasteiger partial charge on any atom is -0.394 e. The van der Waals surface area contributed by atoms with Crippen molar-refractivity contribution in [2.24, 2.45) is 0 Å². The van der Waals surface area contributed by atoms with Crippen LogP contribution in [0.15, 0.2) is 0 Å². The molecule has 0 amide bonds. The first kappa shape index (κ1) is 19.2. The second-order valence-corrected chi connectivity index (χ2v) is 6.42. The minimum atomic E-state index is -4.99. The summed E-state index contributed by atoms with van der Waals surface area (Å²) in [6.07, 6.45) is 1.29. The predicted molar refractivity (Wildman–Crippen MR) is 65.5 cm³/mol. The molecule has 116 valence electrons. The number of phosphoric acid groups is 2. The van der Waals surface area contributed by atoms with Crippen molar-refractivity contribution in [1.29, 1.82) is 0 Å². The van der Waals surface area contributed by atoms with Crippen LogP contribution in [0.3, 0.4) is 0 Å². The third-order valence-corrected chi connectivity index (χ3v) is 4.31. The first-order chi connectivity index (χ1) is 8.83. The average molecular weight is 322 g/mol. The van der Waals surface area contributed by atoms with Gasteiger partial charge in [0.25, 0.3) is 0 Å². The van der Waals surface area contributed by atoms with E-state index in [9.17, 15) is 9.13 Å². The fourth-order valence-corrected chi connectivity index (χ4v) is 3.05. The zero-order valence-electron chi connectivity index (χ0n) is 10.6. The highest BCUT2D eigenvalue weighted by Crippen LogP contribution is 2.61. The second kappa shape index (κ2) is 9.99. The van der Waals surface area contributed by atoms with Gasteiger partial charge in [-0.3, -0.25) is 9.05 Å². The van der Waals surface area contributed by atoms with Gasteiger partial charge in [0.05, 0.1) is 33.0 Å². The Bertz CT molecular complexity index is 315. The zero-order valence-corrected chi connectivity index (χ0v) is 12.4. The van der Waals surface area contributed by atoms with Crippen molar-refractivity contribution in [2.45, 2.75) is 19.8 Å². The topological polar surface area (TPSA) is 132 Å². The SMILES string of the molecule is CCCCOP(=O)(OCCOCCO)OP(=O)(O)O. The van der Waals surface area contributed by atoms with E-state index in [4.69, 9.17) is 28.7 Å². The number of aliphatic hydroxyl groups is 1. The van der Waals surface area contributed by atoms with Gasteiger partial charge >= 0.3 is 15.6 Å². The minimum absolute atomic E-state index is 0.00866. The summed E-state index contributed by atoms with van der Waals surface area (Å²) in [4.78, 5) is 17.3. The lowest BCUT2D eigenvalue weighted by Crippen LogP contribution is -2.08. The van der Waals surface area contributed by atoms with Gasteiger partial charge in [0.1, 0.15) is 0 Å².